The number of nitro benzene ring substituents is 1. The molecule has 2 rings (SSSR count). The van der Waals surface area contributed by atoms with Gasteiger partial charge in [-0.1, -0.05) is 23.5 Å². The van der Waals surface area contributed by atoms with Crippen LogP contribution in [-0.4, -0.2) is 21.6 Å². The summed E-state index contributed by atoms with van der Waals surface area (Å²) in [6.45, 7) is 0.790. The van der Waals surface area contributed by atoms with Gasteiger partial charge in [0.1, 0.15) is 10.2 Å². The van der Waals surface area contributed by atoms with Gasteiger partial charge in [-0.05, 0) is 12.1 Å². The minimum atomic E-state index is -0.487. The normalized spacial score (nSPS) is 14.8. The van der Waals surface area contributed by atoms with Crippen LogP contribution in [0.2, 0.25) is 0 Å². The standard InChI is InChI=1S/C10H9FN2O2S2/c11-8-1-2-9(13(14)15)7(5-8)6-17-10-12-3-4-16-10/h1-2,5H,3-4,6H2. The molecule has 1 aromatic carbocycles. The smallest absolute Gasteiger partial charge is 0.271 e. The molecule has 0 unspecified atom stereocenters. The number of hydrogen-bond acceptors (Lipinski definition) is 5. The van der Waals surface area contributed by atoms with Crippen molar-refractivity contribution in [1.29, 1.82) is 0 Å². The Balaban J connectivity index is 2.12. The molecule has 0 fully saturated rings. The fourth-order valence-corrected chi connectivity index (χ4v) is 3.38. The summed E-state index contributed by atoms with van der Waals surface area (Å²) in [5.74, 6) is 0.875. The van der Waals surface area contributed by atoms with Gasteiger partial charge in [-0.15, -0.1) is 0 Å². The van der Waals surface area contributed by atoms with Crippen LogP contribution in [0.25, 0.3) is 0 Å². The lowest BCUT2D eigenvalue weighted by Gasteiger charge is -2.02. The average molecular weight is 272 g/mol. The van der Waals surface area contributed by atoms with Crippen molar-refractivity contribution in [3.8, 4) is 0 Å². The van der Waals surface area contributed by atoms with Crippen LogP contribution in [0.5, 0.6) is 0 Å². The number of nitrogens with zero attached hydrogens (tertiary/aromatic N) is 2. The van der Waals surface area contributed by atoms with E-state index in [1.54, 1.807) is 11.8 Å². The Labute approximate surface area is 106 Å². The molecule has 90 valence electrons. The Morgan fingerprint density at radius 1 is 1.59 bits per heavy atom. The molecule has 0 saturated heterocycles. The zero-order valence-electron chi connectivity index (χ0n) is 8.76. The molecule has 0 bridgehead atoms. The predicted octanol–water partition coefficient (Wildman–Crippen LogP) is 3.07. The van der Waals surface area contributed by atoms with Crippen LogP contribution in [0.4, 0.5) is 10.1 Å². The van der Waals surface area contributed by atoms with Crippen LogP contribution in [0.3, 0.4) is 0 Å². The predicted molar refractivity (Wildman–Crippen MR) is 69.1 cm³/mol. The minimum Gasteiger partial charge on any atom is -0.271 e. The number of hydrogen-bond donors (Lipinski definition) is 0. The molecule has 7 heteroatoms. The summed E-state index contributed by atoms with van der Waals surface area (Å²) in [7, 11) is 0. The SMILES string of the molecule is O=[N+]([O-])c1ccc(F)cc1CSC1=NCCS1. The largest absolute Gasteiger partial charge is 0.273 e. The van der Waals surface area contributed by atoms with Crippen molar-refractivity contribution in [3.63, 3.8) is 0 Å². The highest BCUT2D eigenvalue weighted by atomic mass is 32.2. The minimum absolute atomic E-state index is 0.0394. The van der Waals surface area contributed by atoms with E-state index in [0.717, 1.165) is 22.7 Å². The van der Waals surface area contributed by atoms with Gasteiger partial charge in [0.2, 0.25) is 0 Å². The van der Waals surface area contributed by atoms with Gasteiger partial charge in [-0.25, -0.2) is 4.39 Å². The van der Waals surface area contributed by atoms with E-state index in [9.17, 15) is 14.5 Å². The zero-order chi connectivity index (χ0) is 12.3. The van der Waals surface area contributed by atoms with E-state index in [1.165, 1.54) is 23.9 Å². The molecule has 0 amide bonds. The third-order valence-corrected chi connectivity index (χ3v) is 4.45. The highest BCUT2D eigenvalue weighted by molar-refractivity contribution is 8.38. The first-order valence-corrected chi connectivity index (χ1v) is 6.87. The van der Waals surface area contributed by atoms with E-state index in [-0.39, 0.29) is 5.69 Å². The molecule has 17 heavy (non-hydrogen) atoms. The molecular formula is C10H9FN2O2S2. The molecule has 0 N–H and O–H groups in total. The van der Waals surface area contributed by atoms with Crippen molar-refractivity contribution >= 4 is 33.6 Å². The molecule has 1 aliphatic heterocycles. The topological polar surface area (TPSA) is 55.5 Å². The van der Waals surface area contributed by atoms with Gasteiger partial charge in [0.15, 0.2) is 0 Å². The van der Waals surface area contributed by atoms with E-state index in [1.807, 2.05) is 0 Å². The van der Waals surface area contributed by atoms with Gasteiger partial charge in [0.25, 0.3) is 5.69 Å². The second-order valence-corrected chi connectivity index (χ2v) is 5.62. The average Bonchev–Trinajstić information content (AvgIpc) is 2.78. The molecule has 1 aromatic rings. The summed E-state index contributed by atoms with van der Waals surface area (Å²) in [6.07, 6.45) is 0. The second-order valence-electron chi connectivity index (χ2n) is 3.31. The Kier molecular flexibility index (Phi) is 4.01. The van der Waals surface area contributed by atoms with Gasteiger partial charge in [-0.2, -0.15) is 0 Å². The molecule has 0 spiro atoms. The summed E-state index contributed by atoms with van der Waals surface area (Å²) in [4.78, 5) is 14.5. The number of thioether (sulfide) groups is 2. The van der Waals surface area contributed by atoms with Gasteiger partial charge in [0, 0.05) is 23.1 Å². The van der Waals surface area contributed by atoms with Gasteiger partial charge < -0.3 is 0 Å². The van der Waals surface area contributed by atoms with E-state index < -0.39 is 10.7 Å². The number of rotatable bonds is 3. The molecule has 0 atom stereocenters. The van der Waals surface area contributed by atoms with Crippen molar-refractivity contribution in [2.75, 3.05) is 12.3 Å². The maximum Gasteiger partial charge on any atom is 0.273 e. The fourth-order valence-electron chi connectivity index (χ4n) is 1.39. The molecule has 4 nitrogen and oxygen atoms in total. The highest BCUT2D eigenvalue weighted by Gasteiger charge is 2.16. The molecule has 0 radical (unpaired) electrons. The molecule has 0 aromatic heterocycles. The number of benzene rings is 1. The number of aliphatic imine (C=N–C) groups is 1. The van der Waals surface area contributed by atoms with Crippen LogP contribution in [0.15, 0.2) is 23.2 Å². The van der Waals surface area contributed by atoms with Crippen LogP contribution in [-0.2, 0) is 5.75 Å². The quantitative estimate of drug-likeness (QED) is 0.627. The third-order valence-electron chi connectivity index (χ3n) is 2.15. The van der Waals surface area contributed by atoms with Crippen molar-refractivity contribution in [2.24, 2.45) is 4.99 Å². The number of halogens is 1. The van der Waals surface area contributed by atoms with Crippen molar-refractivity contribution < 1.29 is 9.31 Å². The lowest BCUT2D eigenvalue weighted by atomic mass is 10.2. The maximum absolute atomic E-state index is 13.0. The van der Waals surface area contributed by atoms with Crippen molar-refractivity contribution in [3.05, 3.63) is 39.7 Å². The third kappa shape index (κ3) is 3.19. The molecule has 0 aliphatic carbocycles. The van der Waals surface area contributed by atoms with Gasteiger partial charge in [0.05, 0.1) is 11.5 Å². The van der Waals surface area contributed by atoms with Gasteiger partial charge in [-0.3, -0.25) is 15.1 Å². The first-order chi connectivity index (χ1) is 8.16. The summed E-state index contributed by atoms with van der Waals surface area (Å²) in [5, 5.41) is 10.8. The highest BCUT2D eigenvalue weighted by Crippen LogP contribution is 2.29. The lowest BCUT2D eigenvalue weighted by molar-refractivity contribution is -0.385. The number of nitro groups is 1. The van der Waals surface area contributed by atoms with Gasteiger partial charge >= 0.3 is 0 Å². The van der Waals surface area contributed by atoms with Crippen LogP contribution in [0, 0.1) is 15.9 Å². The molecule has 1 aliphatic rings. The summed E-state index contributed by atoms with van der Waals surface area (Å²) in [5.41, 5.74) is 0.359. The summed E-state index contributed by atoms with van der Waals surface area (Å²) >= 11 is 3.05. The lowest BCUT2D eigenvalue weighted by Crippen LogP contribution is -1.96. The maximum atomic E-state index is 13.0. The Morgan fingerprint density at radius 3 is 3.06 bits per heavy atom. The first-order valence-electron chi connectivity index (χ1n) is 4.89. The first kappa shape index (κ1) is 12.4. The molecule has 0 saturated carbocycles. The van der Waals surface area contributed by atoms with Crippen LogP contribution < -0.4 is 0 Å². The van der Waals surface area contributed by atoms with E-state index in [2.05, 4.69) is 4.99 Å². The zero-order valence-corrected chi connectivity index (χ0v) is 10.4. The van der Waals surface area contributed by atoms with Crippen LogP contribution >= 0.6 is 23.5 Å². The molecular weight excluding hydrogens is 263 g/mol. The van der Waals surface area contributed by atoms with Crippen LogP contribution in [0.1, 0.15) is 5.56 Å². The van der Waals surface area contributed by atoms with E-state index >= 15 is 0 Å². The van der Waals surface area contributed by atoms with E-state index in [4.69, 9.17) is 0 Å². The van der Waals surface area contributed by atoms with E-state index in [0.29, 0.717) is 11.3 Å². The van der Waals surface area contributed by atoms with Crippen molar-refractivity contribution in [1.82, 2.24) is 0 Å². The fraction of sp³-hybridized carbons (Fsp3) is 0.300. The summed E-state index contributed by atoms with van der Waals surface area (Å²) in [6, 6.07) is 3.52. The second kappa shape index (κ2) is 5.50. The molecule has 1 heterocycles. The summed E-state index contributed by atoms with van der Waals surface area (Å²) < 4.78 is 14.0. The van der Waals surface area contributed by atoms with Crippen molar-refractivity contribution in [2.45, 2.75) is 5.75 Å². The Bertz CT molecular complexity index is 479. The monoisotopic (exact) mass is 272 g/mol. The Morgan fingerprint density at radius 2 is 2.41 bits per heavy atom. The Hall–Kier alpha value is -1.08.